The first-order valence-electron chi connectivity index (χ1n) is 13.6. The maximum Gasteiger partial charge on any atom is 0.373 e. The van der Waals surface area contributed by atoms with Crippen molar-refractivity contribution in [3.05, 3.63) is 71.6 Å². The number of hydrogen-bond acceptors (Lipinski definition) is 8. The number of carbonyl (C=O) groups is 2. The van der Waals surface area contributed by atoms with Crippen LogP contribution in [0.2, 0.25) is 0 Å². The van der Waals surface area contributed by atoms with Crippen molar-refractivity contribution in [2.75, 3.05) is 38.2 Å². The van der Waals surface area contributed by atoms with Gasteiger partial charge in [-0.05, 0) is 36.1 Å². The van der Waals surface area contributed by atoms with E-state index in [0.717, 1.165) is 53.7 Å². The first-order valence-corrected chi connectivity index (χ1v) is 13.6. The molecule has 0 bridgehead atoms. The number of carboxylic acid groups (broad SMARTS) is 1. The molecule has 9 heteroatoms. The average Bonchev–Trinajstić information content (AvgIpc) is 2.92. The van der Waals surface area contributed by atoms with Crippen LogP contribution in [0.3, 0.4) is 0 Å². The molecule has 3 aliphatic heterocycles. The summed E-state index contributed by atoms with van der Waals surface area (Å²) in [6.07, 6.45) is 1.83. The summed E-state index contributed by atoms with van der Waals surface area (Å²) in [4.78, 5) is 42.3. The van der Waals surface area contributed by atoms with Crippen LogP contribution in [-0.4, -0.2) is 51.4 Å². The number of fused-ring (bicyclic) bond motifs is 2. The SMILES string of the molecule is CCC1CN(c2ccc3c(-c4ccccc4C(=O)[O-])c4ccc(=[N+]5CC(CC(=O)OC)C5)cc-4oc3c2)C1.O=C=O. The first kappa shape index (κ1) is 27.8. The average molecular weight is 555 g/mol. The Hall–Kier alpha value is -4.75. The van der Waals surface area contributed by atoms with Crippen molar-refractivity contribution < 1.29 is 33.4 Å². The second-order valence-corrected chi connectivity index (χ2v) is 10.5. The topological polar surface area (TPSA) is 120 Å². The lowest BCUT2D eigenvalue weighted by Gasteiger charge is -2.40. The number of anilines is 1. The molecule has 0 radical (unpaired) electrons. The molecule has 0 amide bonds. The lowest BCUT2D eigenvalue weighted by molar-refractivity contribution is -0.255. The largest absolute Gasteiger partial charge is 0.545 e. The molecule has 9 nitrogen and oxygen atoms in total. The zero-order valence-electron chi connectivity index (χ0n) is 22.9. The number of carboxylic acids is 1. The molecule has 1 aliphatic carbocycles. The van der Waals surface area contributed by atoms with Crippen molar-refractivity contribution in [1.82, 2.24) is 4.58 Å². The Morgan fingerprint density at radius 1 is 1.02 bits per heavy atom. The van der Waals surface area contributed by atoms with Gasteiger partial charge in [0.2, 0.25) is 5.36 Å². The molecule has 4 aliphatic rings. The highest BCUT2D eigenvalue weighted by Crippen LogP contribution is 2.42. The van der Waals surface area contributed by atoms with Crippen molar-refractivity contribution in [1.29, 1.82) is 0 Å². The van der Waals surface area contributed by atoms with Gasteiger partial charge in [0.15, 0.2) is 13.1 Å². The monoisotopic (exact) mass is 554 g/mol. The second kappa shape index (κ2) is 11.8. The van der Waals surface area contributed by atoms with Crippen LogP contribution in [0.25, 0.3) is 33.4 Å². The van der Waals surface area contributed by atoms with Gasteiger partial charge < -0.3 is 24.0 Å². The van der Waals surface area contributed by atoms with E-state index in [1.54, 1.807) is 12.1 Å². The number of benzene rings is 3. The fourth-order valence-corrected chi connectivity index (χ4v) is 5.70. The summed E-state index contributed by atoms with van der Waals surface area (Å²) in [7, 11) is 1.42. The van der Waals surface area contributed by atoms with Crippen LogP contribution in [0.4, 0.5) is 5.69 Å². The molecule has 0 N–H and O–H groups in total. The van der Waals surface area contributed by atoms with E-state index in [2.05, 4.69) is 28.5 Å². The quantitative estimate of drug-likeness (QED) is 0.203. The van der Waals surface area contributed by atoms with Crippen LogP contribution in [-0.2, 0) is 19.1 Å². The molecule has 0 aromatic heterocycles. The summed E-state index contributed by atoms with van der Waals surface area (Å²) in [5.74, 6) is 0.269. The van der Waals surface area contributed by atoms with Crippen LogP contribution in [0.5, 0.6) is 0 Å². The Kier molecular flexibility index (Phi) is 7.99. The normalized spacial score (nSPS) is 16.3. The van der Waals surface area contributed by atoms with Crippen LogP contribution in [0.15, 0.2) is 65.1 Å². The Labute approximate surface area is 236 Å². The molecule has 210 valence electrons. The summed E-state index contributed by atoms with van der Waals surface area (Å²) < 4.78 is 13.5. The summed E-state index contributed by atoms with van der Waals surface area (Å²) in [6, 6.07) is 19.2. The highest BCUT2D eigenvalue weighted by Gasteiger charge is 2.34. The van der Waals surface area contributed by atoms with Gasteiger partial charge in [0, 0.05) is 53.0 Å². The van der Waals surface area contributed by atoms with Crippen molar-refractivity contribution in [2.45, 2.75) is 19.8 Å². The Bertz CT molecular complexity index is 1690. The molecule has 41 heavy (non-hydrogen) atoms. The maximum absolute atomic E-state index is 12.1. The van der Waals surface area contributed by atoms with Crippen LogP contribution in [0, 0.1) is 11.8 Å². The summed E-state index contributed by atoms with van der Waals surface area (Å²) in [5, 5.41) is 13.9. The van der Waals surface area contributed by atoms with E-state index in [1.807, 2.05) is 36.4 Å². The first-order chi connectivity index (χ1) is 19.9. The number of aromatic carboxylic acids is 1. The highest BCUT2D eigenvalue weighted by molar-refractivity contribution is 6.07. The number of esters is 1. The predicted octanol–water partition coefficient (Wildman–Crippen LogP) is 2.80. The zero-order chi connectivity index (χ0) is 29.1. The molecular weight excluding hydrogens is 524 g/mol. The number of methoxy groups -OCH3 is 1. The number of nitrogens with zero attached hydrogens (tertiary/aromatic N) is 2. The minimum Gasteiger partial charge on any atom is -0.545 e. The van der Waals surface area contributed by atoms with Crippen molar-refractivity contribution >= 4 is 34.7 Å². The van der Waals surface area contributed by atoms with Gasteiger partial charge in [0.05, 0.1) is 31.5 Å². The third kappa shape index (κ3) is 5.49. The van der Waals surface area contributed by atoms with E-state index in [1.165, 1.54) is 13.5 Å². The van der Waals surface area contributed by atoms with Crippen molar-refractivity contribution in [3.8, 4) is 22.5 Å². The molecule has 0 saturated carbocycles. The molecule has 6 rings (SSSR count). The molecule has 0 atom stereocenters. The van der Waals surface area contributed by atoms with Gasteiger partial charge in [0.1, 0.15) is 11.3 Å². The van der Waals surface area contributed by atoms with Gasteiger partial charge in [-0.1, -0.05) is 31.2 Å². The standard InChI is InChI=1S/C31H30N2O5.CO2/c1-3-19-15-32(16-19)21-8-10-25-27(13-21)38-28-14-22(33-17-20(18-33)12-29(34)37-2)9-11-26(28)30(25)23-6-4-5-7-24(23)31(35)36;2-1-3/h4-11,13-14,19-20H,3,12,15-18H2,1-2H3;. The van der Waals surface area contributed by atoms with Gasteiger partial charge >= 0.3 is 12.1 Å². The third-order valence-electron chi connectivity index (χ3n) is 8.01. The molecule has 0 spiro atoms. The fourth-order valence-electron chi connectivity index (χ4n) is 5.70. The number of ether oxygens (including phenoxy) is 1. The smallest absolute Gasteiger partial charge is 0.373 e. The minimum atomic E-state index is -1.21. The Morgan fingerprint density at radius 2 is 1.76 bits per heavy atom. The van der Waals surface area contributed by atoms with E-state index in [4.69, 9.17) is 18.7 Å². The van der Waals surface area contributed by atoms with E-state index < -0.39 is 5.97 Å². The second-order valence-electron chi connectivity index (χ2n) is 10.5. The Morgan fingerprint density at radius 3 is 2.44 bits per heavy atom. The fraction of sp³-hybridized carbons (Fsp3) is 0.312. The van der Waals surface area contributed by atoms with Gasteiger partial charge in [-0.3, -0.25) is 4.79 Å². The molecule has 2 aromatic rings. The van der Waals surface area contributed by atoms with Crippen molar-refractivity contribution in [2.24, 2.45) is 11.8 Å². The van der Waals surface area contributed by atoms with Gasteiger partial charge in [-0.25, -0.2) is 4.58 Å². The van der Waals surface area contributed by atoms with E-state index >= 15 is 0 Å². The lowest BCUT2D eigenvalue weighted by atomic mass is 9.90. The van der Waals surface area contributed by atoms with Crippen LogP contribution >= 0.6 is 0 Å². The number of carbonyl (C=O) groups excluding carboxylic acids is 4. The zero-order valence-corrected chi connectivity index (χ0v) is 22.9. The summed E-state index contributed by atoms with van der Waals surface area (Å²) in [5.41, 5.74) is 4.23. The molecule has 2 fully saturated rings. The number of hydrogen-bond donors (Lipinski definition) is 0. The molecular formula is C32H30N2O7. The van der Waals surface area contributed by atoms with Crippen LogP contribution in [0.1, 0.15) is 30.1 Å². The summed E-state index contributed by atoms with van der Waals surface area (Å²) in [6.45, 7) is 5.82. The van der Waals surface area contributed by atoms with Crippen molar-refractivity contribution in [3.63, 3.8) is 0 Å². The van der Waals surface area contributed by atoms with E-state index in [0.29, 0.717) is 29.2 Å². The molecule has 2 saturated heterocycles. The maximum atomic E-state index is 12.1. The highest BCUT2D eigenvalue weighted by atomic mass is 16.5. The van der Waals surface area contributed by atoms with Gasteiger partial charge in [-0.2, -0.15) is 9.59 Å². The van der Waals surface area contributed by atoms with Crippen LogP contribution < -0.4 is 19.9 Å². The lowest BCUT2D eigenvalue weighted by Crippen LogP contribution is -2.49. The third-order valence-corrected chi connectivity index (χ3v) is 8.01. The predicted molar refractivity (Wildman–Crippen MR) is 149 cm³/mol. The van der Waals surface area contributed by atoms with E-state index in [-0.39, 0.29) is 23.6 Å². The molecule has 2 aromatic carbocycles. The van der Waals surface area contributed by atoms with Gasteiger partial charge in [-0.15, -0.1) is 0 Å². The van der Waals surface area contributed by atoms with Gasteiger partial charge in [0.25, 0.3) is 0 Å². The number of rotatable bonds is 6. The van der Waals surface area contributed by atoms with E-state index in [9.17, 15) is 14.7 Å². The summed E-state index contributed by atoms with van der Waals surface area (Å²) >= 11 is 0. The molecule has 3 heterocycles. The molecule has 0 unspecified atom stereocenters. The Balaban J connectivity index is 0.00000108. The minimum absolute atomic E-state index is 0.149.